The molecule has 1 atom stereocenters. The van der Waals surface area contributed by atoms with Gasteiger partial charge in [-0.05, 0) is 13.8 Å². The van der Waals surface area contributed by atoms with Gasteiger partial charge < -0.3 is 10.4 Å². The van der Waals surface area contributed by atoms with E-state index in [9.17, 15) is 4.79 Å². The molecule has 1 unspecified atom stereocenters. The summed E-state index contributed by atoms with van der Waals surface area (Å²) in [7, 11) is 0. The molecule has 14 heavy (non-hydrogen) atoms. The Hall–Kier alpha value is -1.65. The fraction of sp³-hybridized carbons (Fsp3) is 0.444. The lowest BCUT2D eigenvalue weighted by Crippen LogP contribution is -2.20. The Balaban J connectivity index is 2.60. The van der Waals surface area contributed by atoms with Crippen LogP contribution < -0.4 is 5.32 Å². The molecule has 0 amide bonds. The number of rotatable bonds is 4. The van der Waals surface area contributed by atoms with Crippen molar-refractivity contribution in [2.45, 2.75) is 26.3 Å². The highest BCUT2D eigenvalue weighted by Gasteiger charge is 2.09. The zero-order chi connectivity index (χ0) is 10.6. The van der Waals surface area contributed by atoms with Gasteiger partial charge in [0.15, 0.2) is 0 Å². The molecule has 5 nitrogen and oxygen atoms in total. The average molecular weight is 195 g/mol. The van der Waals surface area contributed by atoms with Crippen molar-refractivity contribution >= 4 is 11.8 Å². The summed E-state index contributed by atoms with van der Waals surface area (Å²) in [6.07, 6.45) is 3.24. The molecule has 1 rings (SSSR count). The van der Waals surface area contributed by atoms with Crippen LogP contribution in [0.25, 0.3) is 0 Å². The number of aryl methyl sites for hydroxylation is 1. The Kier molecular flexibility index (Phi) is 3.39. The van der Waals surface area contributed by atoms with Gasteiger partial charge in [0, 0.05) is 18.4 Å². The topological polar surface area (TPSA) is 75.1 Å². The first-order valence-electron chi connectivity index (χ1n) is 4.35. The Labute approximate surface area is 82.2 Å². The third-order valence-electron chi connectivity index (χ3n) is 1.75. The summed E-state index contributed by atoms with van der Waals surface area (Å²) in [5, 5.41) is 11.5. The molecule has 5 heteroatoms. The van der Waals surface area contributed by atoms with Crippen LogP contribution in [0, 0.1) is 6.92 Å². The van der Waals surface area contributed by atoms with Crippen LogP contribution in [0.1, 0.15) is 19.0 Å². The second-order valence-corrected chi connectivity index (χ2v) is 3.13. The third kappa shape index (κ3) is 3.01. The maximum Gasteiger partial charge on any atom is 0.305 e. The van der Waals surface area contributed by atoms with Crippen molar-refractivity contribution in [1.82, 2.24) is 9.97 Å². The number of aliphatic carboxylic acids is 1. The maximum atomic E-state index is 10.4. The molecule has 0 aliphatic heterocycles. The van der Waals surface area contributed by atoms with E-state index in [1.165, 1.54) is 0 Å². The van der Waals surface area contributed by atoms with Gasteiger partial charge >= 0.3 is 5.97 Å². The monoisotopic (exact) mass is 195 g/mol. The summed E-state index contributed by atoms with van der Waals surface area (Å²) in [4.78, 5) is 18.5. The van der Waals surface area contributed by atoms with E-state index < -0.39 is 5.97 Å². The standard InChI is InChI=1S/C9H13N3O2/c1-6(5-8(13)14)12-9-7(2)10-3-4-11-9/h3-4,6H,5H2,1-2H3,(H,11,12)(H,13,14). The van der Waals surface area contributed by atoms with Crippen LogP contribution in [0.15, 0.2) is 12.4 Å². The van der Waals surface area contributed by atoms with Crippen LogP contribution in [0.2, 0.25) is 0 Å². The lowest BCUT2D eigenvalue weighted by atomic mass is 10.2. The minimum Gasteiger partial charge on any atom is -0.481 e. The molecule has 2 N–H and O–H groups in total. The number of nitrogens with zero attached hydrogens (tertiary/aromatic N) is 2. The summed E-state index contributed by atoms with van der Waals surface area (Å²) in [6, 6.07) is -0.150. The summed E-state index contributed by atoms with van der Waals surface area (Å²) >= 11 is 0. The highest BCUT2D eigenvalue weighted by molar-refractivity contribution is 5.68. The van der Waals surface area contributed by atoms with Gasteiger partial charge in [0.2, 0.25) is 0 Å². The van der Waals surface area contributed by atoms with E-state index in [1.54, 1.807) is 19.3 Å². The molecule has 1 heterocycles. The Bertz CT molecular complexity index is 328. The molecular weight excluding hydrogens is 182 g/mol. The predicted molar refractivity (Wildman–Crippen MR) is 52.1 cm³/mol. The Morgan fingerprint density at radius 2 is 2.21 bits per heavy atom. The minimum atomic E-state index is -0.827. The fourth-order valence-electron chi connectivity index (χ4n) is 1.10. The van der Waals surface area contributed by atoms with Crippen LogP contribution >= 0.6 is 0 Å². The first-order valence-corrected chi connectivity index (χ1v) is 4.35. The van der Waals surface area contributed by atoms with Crippen LogP contribution in [-0.4, -0.2) is 27.1 Å². The van der Waals surface area contributed by atoms with Gasteiger partial charge in [-0.1, -0.05) is 0 Å². The van der Waals surface area contributed by atoms with E-state index >= 15 is 0 Å². The second kappa shape index (κ2) is 4.55. The minimum absolute atomic E-state index is 0.0655. The molecule has 0 aliphatic rings. The van der Waals surface area contributed by atoms with Crippen LogP contribution in [0.5, 0.6) is 0 Å². The number of aromatic nitrogens is 2. The number of carboxylic acids is 1. The summed E-state index contributed by atoms with van der Waals surface area (Å²) in [5.74, 6) is -0.187. The number of carboxylic acid groups (broad SMARTS) is 1. The molecule has 76 valence electrons. The van der Waals surface area contributed by atoms with Gasteiger partial charge in [-0.15, -0.1) is 0 Å². The van der Waals surface area contributed by atoms with Gasteiger partial charge in [0.05, 0.1) is 12.1 Å². The summed E-state index contributed by atoms with van der Waals surface area (Å²) in [5.41, 5.74) is 0.768. The molecule has 0 spiro atoms. The highest BCUT2D eigenvalue weighted by atomic mass is 16.4. The van der Waals surface area contributed by atoms with Crippen molar-refractivity contribution in [2.75, 3.05) is 5.32 Å². The lowest BCUT2D eigenvalue weighted by molar-refractivity contribution is -0.137. The van der Waals surface area contributed by atoms with Crippen LogP contribution in [0.3, 0.4) is 0 Å². The largest absolute Gasteiger partial charge is 0.481 e. The Morgan fingerprint density at radius 3 is 2.79 bits per heavy atom. The van der Waals surface area contributed by atoms with Crippen molar-refractivity contribution in [3.8, 4) is 0 Å². The molecule has 0 bridgehead atoms. The average Bonchev–Trinajstić information content (AvgIpc) is 2.07. The number of carbonyl (C=O) groups is 1. The fourth-order valence-corrected chi connectivity index (χ4v) is 1.10. The summed E-state index contributed by atoms with van der Waals surface area (Å²) < 4.78 is 0. The molecular formula is C9H13N3O2. The first kappa shape index (κ1) is 10.4. The number of nitrogens with one attached hydrogen (secondary N) is 1. The van der Waals surface area contributed by atoms with E-state index in [4.69, 9.17) is 5.11 Å². The lowest BCUT2D eigenvalue weighted by Gasteiger charge is -2.12. The van der Waals surface area contributed by atoms with Gasteiger partial charge in [-0.25, -0.2) is 4.98 Å². The van der Waals surface area contributed by atoms with E-state index in [0.717, 1.165) is 5.69 Å². The van der Waals surface area contributed by atoms with Crippen molar-refractivity contribution in [3.05, 3.63) is 18.1 Å². The number of anilines is 1. The van der Waals surface area contributed by atoms with Gasteiger partial charge in [-0.2, -0.15) is 0 Å². The maximum absolute atomic E-state index is 10.4. The van der Waals surface area contributed by atoms with Crippen molar-refractivity contribution in [1.29, 1.82) is 0 Å². The first-order chi connectivity index (χ1) is 6.59. The SMILES string of the molecule is Cc1nccnc1NC(C)CC(=O)O. The zero-order valence-electron chi connectivity index (χ0n) is 8.19. The van der Waals surface area contributed by atoms with Gasteiger partial charge in [0.25, 0.3) is 0 Å². The van der Waals surface area contributed by atoms with Gasteiger partial charge in [-0.3, -0.25) is 9.78 Å². The summed E-state index contributed by atoms with van der Waals surface area (Å²) in [6.45, 7) is 3.62. The molecule has 1 aromatic rings. The number of hydrogen-bond donors (Lipinski definition) is 2. The van der Waals surface area contributed by atoms with Crippen molar-refractivity contribution < 1.29 is 9.90 Å². The molecule has 0 fully saturated rings. The third-order valence-corrected chi connectivity index (χ3v) is 1.75. The highest BCUT2D eigenvalue weighted by Crippen LogP contribution is 2.08. The van der Waals surface area contributed by atoms with Gasteiger partial charge in [0.1, 0.15) is 5.82 Å². The van der Waals surface area contributed by atoms with E-state index in [2.05, 4.69) is 15.3 Å². The van der Waals surface area contributed by atoms with E-state index in [0.29, 0.717) is 5.82 Å². The van der Waals surface area contributed by atoms with E-state index in [-0.39, 0.29) is 12.5 Å². The smallest absolute Gasteiger partial charge is 0.305 e. The number of hydrogen-bond acceptors (Lipinski definition) is 4. The van der Waals surface area contributed by atoms with Crippen molar-refractivity contribution in [3.63, 3.8) is 0 Å². The zero-order valence-corrected chi connectivity index (χ0v) is 8.19. The van der Waals surface area contributed by atoms with Crippen LogP contribution in [0.4, 0.5) is 5.82 Å². The normalized spacial score (nSPS) is 12.1. The molecule has 1 aromatic heterocycles. The second-order valence-electron chi connectivity index (χ2n) is 3.13. The Morgan fingerprint density at radius 1 is 1.57 bits per heavy atom. The molecule has 0 aliphatic carbocycles. The quantitative estimate of drug-likeness (QED) is 0.751. The molecule has 0 saturated heterocycles. The van der Waals surface area contributed by atoms with Crippen molar-refractivity contribution in [2.24, 2.45) is 0 Å². The van der Waals surface area contributed by atoms with Crippen LogP contribution in [-0.2, 0) is 4.79 Å². The predicted octanol–water partition coefficient (Wildman–Crippen LogP) is 1.06. The molecule has 0 radical (unpaired) electrons. The molecule has 0 aromatic carbocycles. The molecule has 0 saturated carbocycles. The van der Waals surface area contributed by atoms with E-state index in [1.807, 2.05) is 6.92 Å².